The Morgan fingerprint density at radius 3 is 2.37 bits per heavy atom. The van der Waals surface area contributed by atoms with Gasteiger partial charge >= 0.3 is 0 Å². The van der Waals surface area contributed by atoms with Crippen molar-refractivity contribution in [1.82, 2.24) is 9.37 Å². The molecule has 2 rings (SSSR count). The molecule has 0 saturated carbocycles. The van der Waals surface area contributed by atoms with Crippen molar-refractivity contribution >= 4 is 16.4 Å². The Morgan fingerprint density at radius 2 is 1.85 bits per heavy atom. The first-order valence-electron chi connectivity index (χ1n) is 8.20. The number of carbonyl (C=O) groups is 1. The summed E-state index contributed by atoms with van der Waals surface area (Å²) in [5.74, 6) is 0.305. The predicted molar refractivity (Wildman–Crippen MR) is 94.0 cm³/mol. The largest absolute Gasteiger partial charge is 0.493 e. The predicted octanol–water partition coefficient (Wildman–Crippen LogP) is -1.04. The number of fused-ring (bicyclic) bond motifs is 1. The lowest BCUT2D eigenvalue weighted by Crippen LogP contribution is -2.50. The van der Waals surface area contributed by atoms with E-state index < -0.39 is 34.5 Å². The lowest BCUT2D eigenvalue weighted by molar-refractivity contribution is -0.169. The highest BCUT2D eigenvalue weighted by Crippen LogP contribution is 2.34. The van der Waals surface area contributed by atoms with Crippen molar-refractivity contribution in [3.8, 4) is 11.5 Å². The van der Waals surface area contributed by atoms with Crippen LogP contribution in [0.1, 0.15) is 11.1 Å². The molecule has 10 nitrogen and oxygen atoms in total. The molecule has 0 radical (unpaired) electrons. The maximum Gasteiger partial charge on any atom is 0.233 e. The van der Waals surface area contributed by atoms with Crippen LogP contribution in [0.5, 0.6) is 11.5 Å². The van der Waals surface area contributed by atoms with Crippen LogP contribution in [-0.4, -0.2) is 84.9 Å². The maximum absolute atomic E-state index is 12.7. The number of hydrogen-bond donors (Lipinski definition) is 3. The van der Waals surface area contributed by atoms with Crippen molar-refractivity contribution in [2.75, 3.05) is 33.1 Å². The minimum atomic E-state index is -3.94. The molecule has 152 valence electrons. The van der Waals surface area contributed by atoms with E-state index in [2.05, 4.69) is 0 Å². The van der Waals surface area contributed by atoms with Gasteiger partial charge in [-0.2, -0.15) is 4.31 Å². The summed E-state index contributed by atoms with van der Waals surface area (Å²) in [4.78, 5) is 10.8. The third-order valence-electron chi connectivity index (χ3n) is 4.54. The molecule has 0 spiro atoms. The normalized spacial score (nSPS) is 16.9. The first-order valence-corrected chi connectivity index (χ1v) is 9.81. The van der Waals surface area contributed by atoms with Gasteiger partial charge in [-0.15, -0.1) is 0 Å². The number of rotatable bonds is 9. The molecule has 1 aliphatic rings. The number of amides is 1. The average Bonchev–Trinajstić information content (AvgIpc) is 2.69. The lowest BCUT2D eigenvalue weighted by Gasteiger charge is -2.32. The number of methoxy groups -OCH3 is 2. The van der Waals surface area contributed by atoms with Crippen molar-refractivity contribution in [3.63, 3.8) is 0 Å². The van der Waals surface area contributed by atoms with Crippen molar-refractivity contribution < 1.29 is 38.1 Å². The summed E-state index contributed by atoms with van der Waals surface area (Å²) in [5.41, 5.74) is 1.68. The number of ether oxygens (including phenoxy) is 2. The third kappa shape index (κ3) is 4.68. The molecule has 0 fully saturated rings. The van der Waals surface area contributed by atoms with Crippen LogP contribution in [0.3, 0.4) is 0 Å². The zero-order chi connectivity index (χ0) is 20.2. The number of hydroxylamine groups is 2. The summed E-state index contributed by atoms with van der Waals surface area (Å²) in [7, 11) is -0.939. The highest BCUT2D eigenvalue weighted by atomic mass is 32.2. The summed E-state index contributed by atoms with van der Waals surface area (Å²) >= 11 is 0. The molecule has 3 N–H and O–H groups in total. The van der Waals surface area contributed by atoms with E-state index in [1.165, 1.54) is 18.5 Å². The van der Waals surface area contributed by atoms with Crippen LogP contribution < -0.4 is 9.47 Å². The van der Waals surface area contributed by atoms with Gasteiger partial charge in [0.1, 0.15) is 12.1 Å². The van der Waals surface area contributed by atoms with Crippen LogP contribution in [0.25, 0.3) is 0 Å². The quantitative estimate of drug-likeness (QED) is 0.270. The van der Waals surface area contributed by atoms with Gasteiger partial charge in [-0.25, -0.2) is 13.5 Å². The molecule has 1 heterocycles. The molecule has 1 unspecified atom stereocenters. The van der Waals surface area contributed by atoms with Gasteiger partial charge < -0.3 is 19.7 Å². The Morgan fingerprint density at radius 1 is 1.26 bits per heavy atom. The molecule has 1 aliphatic heterocycles. The van der Waals surface area contributed by atoms with E-state index >= 15 is 0 Å². The number of aliphatic hydroxyl groups excluding tert-OH is 2. The highest BCUT2D eigenvalue weighted by Gasteiger charge is 2.35. The van der Waals surface area contributed by atoms with Crippen LogP contribution in [0, 0.1) is 0 Å². The Bertz CT molecular complexity index is 770. The Hall–Kier alpha value is -1.92. The molecule has 0 aliphatic carbocycles. The number of nitrogens with zero attached hydrogens (tertiary/aromatic N) is 2. The van der Waals surface area contributed by atoms with E-state index in [9.17, 15) is 23.5 Å². The highest BCUT2D eigenvalue weighted by molar-refractivity contribution is 7.89. The summed E-state index contributed by atoms with van der Waals surface area (Å²) < 4.78 is 37.2. The van der Waals surface area contributed by atoms with E-state index in [1.807, 2.05) is 0 Å². The summed E-state index contributed by atoms with van der Waals surface area (Å²) in [6, 6.07) is 2.03. The molecular formula is C16H24N2O8S. The lowest BCUT2D eigenvalue weighted by atomic mass is 10.0. The average molecular weight is 404 g/mol. The number of hydrogen-bond acceptors (Lipinski definition) is 8. The molecular weight excluding hydrogens is 380 g/mol. The second-order valence-corrected chi connectivity index (χ2v) is 8.15. The first-order chi connectivity index (χ1) is 12.8. The van der Waals surface area contributed by atoms with Gasteiger partial charge in [0.15, 0.2) is 11.5 Å². The standard InChI is InChI=1S/C16H24N2O8S/c1-25-15-5-11-3-4-17(7-12(11)6-16(15)26-2)27(23,24)9-13(14(21)8-19)18(22)10-20/h5-6,10,13-14,19,21-22H,3-4,7-9H2,1-2H3/t13?,14-/m1/s1. The van der Waals surface area contributed by atoms with Gasteiger partial charge in [-0.05, 0) is 29.7 Å². The van der Waals surface area contributed by atoms with E-state index in [-0.39, 0.29) is 24.6 Å². The Labute approximate surface area is 157 Å². The second-order valence-electron chi connectivity index (χ2n) is 6.14. The van der Waals surface area contributed by atoms with Crippen molar-refractivity contribution in [3.05, 3.63) is 23.3 Å². The molecule has 2 atom stereocenters. The Balaban J connectivity index is 2.24. The van der Waals surface area contributed by atoms with Gasteiger partial charge in [-0.3, -0.25) is 10.0 Å². The molecule has 0 aromatic heterocycles. The van der Waals surface area contributed by atoms with Crippen LogP contribution >= 0.6 is 0 Å². The van der Waals surface area contributed by atoms with Gasteiger partial charge in [-0.1, -0.05) is 0 Å². The van der Waals surface area contributed by atoms with Gasteiger partial charge in [0.05, 0.1) is 26.6 Å². The minimum Gasteiger partial charge on any atom is -0.493 e. The smallest absolute Gasteiger partial charge is 0.233 e. The Kier molecular flexibility index (Phi) is 7.00. The van der Waals surface area contributed by atoms with Gasteiger partial charge in [0.25, 0.3) is 0 Å². The number of benzene rings is 1. The van der Waals surface area contributed by atoms with Crippen molar-refractivity contribution in [1.29, 1.82) is 0 Å². The monoisotopic (exact) mass is 404 g/mol. The fourth-order valence-electron chi connectivity index (χ4n) is 2.98. The van der Waals surface area contributed by atoms with Gasteiger partial charge in [0, 0.05) is 13.1 Å². The first kappa shape index (κ1) is 21.4. The fourth-order valence-corrected chi connectivity index (χ4v) is 4.70. The summed E-state index contributed by atoms with van der Waals surface area (Å²) in [5, 5.41) is 28.4. The number of carbonyl (C=O) groups excluding carboxylic acids is 1. The molecule has 27 heavy (non-hydrogen) atoms. The SMILES string of the molecule is COc1cc2c(cc1OC)CN(S(=O)(=O)CC([C@H](O)CO)N(O)C=O)CC2. The zero-order valence-electron chi connectivity index (χ0n) is 15.1. The third-order valence-corrected chi connectivity index (χ3v) is 6.40. The topological polar surface area (TPSA) is 137 Å². The summed E-state index contributed by atoms with van der Waals surface area (Å²) in [6.45, 7) is -0.531. The number of sulfonamides is 1. The zero-order valence-corrected chi connectivity index (χ0v) is 15.9. The molecule has 1 aromatic carbocycles. The minimum absolute atomic E-state index is 0.0122. The molecule has 11 heteroatoms. The van der Waals surface area contributed by atoms with Crippen LogP contribution in [0.15, 0.2) is 12.1 Å². The van der Waals surface area contributed by atoms with Crippen molar-refractivity contribution in [2.24, 2.45) is 0 Å². The molecule has 0 saturated heterocycles. The van der Waals surface area contributed by atoms with E-state index in [0.717, 1.165) is 11.1 Å². The molecule has 1 amide bonds. The van der Waals surface area contributed by atoms with Crippen LogP contribution in [0.4, 0.5) is 0 Å². The molecule has 1 aromatic rings. The van der Waals surface area contributed by atoms with Gasteiger partial charge in [0.2, 0.25) is 16.4 Å². The van der Waals surface area contributed by atoms with E-state index in [0.29, 0.717) is 17.9 Å². The van der Waals surface area contributed by atoms with Crippen LogP contribution in [-0.2, 0) is 27.8 Å². The fraction of sp³-hybridized carbons (Fsp3) is 0.562. The molecule has 0 bridgehead atoms. The summed E-state index contributed by atoms with van der Waals surface area (Å²) in [6.07, 6.45) is -1.17. The number of aliphatic hydroxyl groups is 2. The second kappa shape index (κ2) is 8.85. The van der Waals surface area contributed by atoms with E-state index in [1.54, 1.807) is 12.1 Å². The maximum atomic E-state index is 12.7. The van der Waals surface area contributed by atoms with Crippen molar-refractivity contribution in [2.45, 2.75) is 25.1 Å². The van der Waals surface area contributed by atoms with E-state index in [4.69, 9.17) is 14.6 Å². The van der Waals surface area contributed by atoms with Crippen LogP contribution in [0.2, 0.25) is 0 Å².